The average molecular weight is 366 g/mol. The van der Waals surface area contributed by atoms with Crippen molar-refractivity contribution in [3.63, 3.8) is 0 Å². The molecule has 0 aliphatic carbocycles. The number of hydrogen-bond donors (Lipinski definition) is 0. The molecule has 1 atom stereocenters. The van der Waals surface area contributed by atoms with Gasteiger partial charge in [-0.3, -0.25) is 0 Å². The van der Waals surface area contributed by atoms with Crippen LogP contribution in [0.15, 0.2) is 24.3 Å². The molecule has 0 radical (unpaired) electrons. The van der Waals surface area contributed by atoms with Gasteiger partial charge in [0.25, 0.3) is 0 Å². The number of aliphatic carboxylic acids is 1. The predicted molar refractivity (Wildman–Crippen MR) is 67.5 cm³/mol. The fourth-order valence-electron chi connectivity index (χ4n) is 1.98. The maximum Gasteiger partial charge on any atom is 1.00 e. The maximum absolute atomic E-state index is 10.5. The molecule has 1 aromatic rings. The largest absolute Gasteiger partial charge is 1.00 e. The van der Waals surface area contributed by atoms with Gasteiger partial charge in [-0.1, -0.05) is 44.5 Å². The topological polar surface area (TPSA) is 40.1 Å². The summed E-state index contributed by atoms with van der Waals surface area (Å²) in [7, 11) is 0. The third kappa shape index (κ3) is 8.02. The number of benzene rings is 1. The second kappa shape index (κ2) is 10.5. The molecule has 94 valence electrons. The Labute approximate surface area is 169 Å². The Morgan fingerprint density at radius 2 is 1.78 bits per heavy atom. The number of rotatable bonds is 7. The number of carboxylic acid groups (broad SMARTS) is 1. The van der Waals surface area contributed by atoms with Gasteiger partial charge in [0.15, 0.2) is 0 Å². The van der Waals surface area contributed by atoms with E-state index in [0.29, 0.717) is 0 Å². The minimum atomic E-state index is -0.961. The Bertz CT molecular complexity index is 346. The van der Waals surface area contributed by atoms with Crippen LogP contribution in [-0.2, 0) is 17.6 Å². The third-order valence-corrected chi connectivity index (χ3v) is 2.94. The first-order valence-corrected chi connectivity index (χ1v) is 6.39. The van der Waals surface area contributed by atoms with E-state index in [-0.39, 0.29) is 81.2 Å². The molecule has 0 saturated heterocycles. The van der Waals surface area contributed by atoms with E-state index < -0.39 is 5.97 Å². The van der Waals surface area contributed by atoms with Crippen molar-refractivity contribution in [1.29, 1.82) is 0 Å². The van der Waals surface area contributed by atoms with Crippen LogP contribution in [0.1, 0.15) is 44.2 Å². The zero-order valence-corrected chi connectivity index (χ0v) is 18.0. The summed E-state index contributed by atoms with van der Waals surface area (Å²) in [6.07, 6.45) is 4.51. The van der Waals surface area contributed by atoms with E-state index in [1.54, 1.807) is 0 Å². The van der Waals surface area contributed by atoms with Gasteiger partial charge in [0.2, 0.25) is 0 Å². The molecule has 0 N–H and O–H groups in total. The van der Waals surface area contributed by atoms with Crippen molar-refractivity contribution in [3.8, 4) is 0 Å². The molecule has 0 aromatic heterocycles. The molecule has 1 aromatic carbocycles. The van der Waals surface area contributed by atoms with Crippen molar-refractivity contribution in [2.24, 2.45) is 5.92 Å². The van der Waals surface area contributed by atoms with Gasteiger partial charge in [0.1, 0.15) is 0 Å². The molecule has 0 bridgehead atoms. The normalized spacial score (nSPS) is 11.7. The fraction of sp³-hybridized carbons (Fsp3) is 0.533. The Balaban J connectivity index is 0.00000289. The molecule has 0 aliphatic rings. The van der Waals surface area contributed by atoms with E-state index in [9.17, 15) is 9.90 Å². The van der Waals surface area contributed by atoms with Crippen LogP contribution in [0.3, 0.4) is 0 Å². The molecule has 18 heavy (non-hydrogen) atoms. The standard InChI is InChI=1S/C15H22O2.Cs/c1-3-4-5-13-6-8-14(9-7-13)10-12(2)11-15(16)17;/h6-9,12H,3-5,10-11H2,1-2H3,(H,16,17);/q;+1/p-1. The van der Waals surface area contributed by atoms with Crippen molar-refractivity contribution in [2.45, 2.75) is 46.0 Å². The zero-order chi connectivity index (χ0) is 12.7. The molecule has 1 unspecified atom stereocenters. The first kappa shape index (κ1) is 18.7. The van der Waals surface area contributed by atoms with Crippen molar-refractivity contribution in [2.75, 3.05) is 0 Å². The van der Waals surface area contributed by atoms with Gasteiger partial charge < -0.3 is 9.90 Å². The van der Waals surface area contributed by atoms with Gasteiger partial charge >= 0.3 is 68.9 Å². The summed E-state index contributed by atoms with van der Waals surface area (Å²) in [6, 6.07) is 8.51. The van der Waals surface area contributed by atoms with Crippen LogP contribution in [0, 0.1) is 5.92 Å². The summed E-state index contributed by atoms with van der Waals surface area (Å²) in [5.41, 5.74) is 2.57. The first-order valence-electron chi connectivity index (χ1n) is 6.39. The van der Waals surface area contributed by atoms with Crippen molar-refractivity contribution < 1.29 is 78.8 Å². The number of aryl methyl sites for hydroxylation is 1. The quantitative estimate of drug-likeness (QED) is 0.644. The van der Waals surface area contributed by atoms with Gasteiger partial charge in [-0.25, -0.2) is 0 Å². The van der Waals surface area contributed by atoms with Crippen LogP contribution in [0.2, 0.25) is 0 Å². The van der Waals surface area contributed by atoms with Crippen molar-refractivity contribution in [3.05, 3.63) is 35.4 Å². The van der Waals surface area contributed by atoms with Crippen LogP contribution in [0.4, 0.5) is 0 Å². The third-order valence-electron chi connectivity index (χ3n) is 2.94. The second-order valence-electron chi connectivity index (χ2n) is 4.81. The molecular formula is C15H21CsO2. The number of hydrogen-bond acceptors (Lipinski definition) is 2. The van der Waals surface area contributed by atoms with E-state index in [0.717, 1.165) is 12.8 Å². The summed E-state index contributed by atoms with van der Waals surface area (Å²) < 4.78 is 0. The second-order valence-corrected chi connectivity index (χ2v) is 4.81. The smallest absolute Gasteiger partial charge is 0.550 e. The van der Waals surface area contributed by atoms with Gasteiger partial charge in [0, 0.05) is 5.97 Å². The van der Waals surface area contributed by atoms with E-state index in [4.69, 9.17) is 0 Å². The van der Waals surface area contributed by atoms with Crippen molar-refractivity contribution >= 4 is 5.97 Å². The van der Waals surface area contributed by atoms with Gasteiger partial charge in [-0.2, -0.15) is 0 Å². The molecule has 0 aliphatic heterocycles. The van der Waals surface area contributed by atoms with Gasteiger partial charge in [-0.05, 0) is 42.7 Å². The molecular weight excluding hydrogens is 345 g/mol. The summed E-state index contributed by atoms with van der Waals surface area (Å²) >= 11 is 0. The molecule has 0 saturated carbocycles. The Morgan fingerprint density at radius 1 is 1.22 bits per heavy atom. The Kier molecular flexibility index (Phi) is 11.0. The van der Waals surface area contributed by atoms with E-state index >= 15 is 0 Å². The van der Waals surface area contributed by atoms with Crippen LogP contribution >= 0.6 is 0 Å². The molecule has 0 fully saturated rings. The molecule has 0 amide bonds. The van der Waals surface area contributed by atoms with Gasteiger partial charge in [-0.15, -0.1) is 0 Å². The van der Waals surface area contributed by atoms with E-state index in [2.05, 4.69) is 31.2 Å². The fourth-order valence-corrected chi connectivity index (χ4v) is 1.98. The van der Waals surface area contributed by atoms with Gasteiger partial charge in [0.05, 0.1) is 0 Å². The summed E-state index contributed by atoms with van der Waals surface area (Å²) in [5.74, 6) is -0.821. The summed E-state index contributed by atoms with van der Waals surface area (Å²) in [6.45, 7) is 4.14. The zero-order valence-electron chi connectivity index (χ0n) is 11.7. The SMILES string of the molecule is CCCCc1ccc(CC(C)CC(=O)[O-])cc1.[Cs+]. The van der Waals surface area contributed by atoms with E-state index in [1.807, 2.05) is 6.92 Å². The van der Waals surface area contributed by atoms with Crippen LogP contribution in [0.5, 0.6) is 0 Å². The number of unbranched alkanes of at least 4 members (excludes halogenated alkanes) is 1. The van der Waals surface area contributed by atoms with Crippen LogP contribution in [-0.4, -0.2) is 5.97 Å². The monoisotopic (exact) mass is 366 g/mol. The molecule has 1 rings (SSSR count). The maximum atomic E-state index is 10.5. The first-order chi connectivity index (χ1) is 8.11. The van der Waals surface area contributed by atoms with Crippen LogP contribution in [0.25, 0.3) is 0 Å². The molecule has 0 heterocycles. The minimum Gasteiger partial charge on any atom is -0.550 e. The molecule has 0 spiro atoms. The predicted octanol–water partition coefficient (Wildman–Crippen LogP) is -0.648. The minimum absolute atomic E-state index is 0. The number of carboxylic acids is 1. The Hall–Kier alpha value is 0.742. The summed E-state index contributed by atoms with van der Waals surface area (Å²) in [4.78, 5) is 10.5. The average Bonchev–Trinajstić information content (AvgIpc) is 2.27. The Morgan fingerprint density at radius 3 is 2.28 bits per heavy atom. The number of carbonyl (C=O) groups is 1. The van der Waals surface area contributed by atoms with Crippen molar-refractivity contribution in [1.82, 2.24) is 0 Å². The number of carbonyl (C=O) groups excluding carboxylic acids is 1. The molecule has 3 heteroatoms. The molecule has 2 nitrogen and oxygen atoms in total. The van der Waals surface area contributed by atoms with E-state index in [1.165, 1.54) is 24.0 Å². The summed E-state index contributed by atoms with van der Waals surface area (Å²) in [5, 5.41) is 10.5. The van der Waals surface area contributed by atoms with Crippen LogP contribution < -0.4 is 74.0 Å².